The SMILES string of the molecule is COc1ccc(/C(O)=C2/C(=O)C(=O)N(c3ccc(F)cc3)C2c2cccc(C)c2)cc1Cl. The molecule has 162 valence electrons. The van der Waals surface area contributed by atoms with E-state index in [1.165, 1.54) is 42.3 Å². The number of rotatable bonds is 4. The number of aryl methyl sites for hydroxylation is 1. The van der Waals surface area contributed by atoms with E-state index in [-0.39, 0.29) is 21.9 Å². The average molecular weight is 452 g/mol. The van der Waals surface area contributed by atoms with Crippen LogP contribution in [0.25, 0.3) is 5.76 Å². The van der Waals surface area contributed by atoms with E-state index in [1.807, 2.05) is 19.1 Å². The van der Waals surface area contributed by atoms with Crippen molar-refractivity contribution in [2.75, 3.05) is 12.0 Å². The van der Waals surface area contributed by atoms with Crippen LogP contribution in [0.2, 0.25) is 5.02 Å². The highest BCUT2D eigenvalue weighted by molar-refractivity contribution is 6.51. The Morgan fingerprint density at radius 2 is 1.78 bits per heavy atom. The van der Waals surface area contributed by atoms with Crippen LogP contribution in [0.15, 0.2) is 72.3 Å². The number of aliphatic hydroxyl groups is 1. The largest absolute Gasteiger partial charge is 0.507 e. The summed E-state index contributed by atoms with van der Waals surface area (Å²) in [5.41, 5.74) is 2.08. The third kappa shape index (κ3) is 3.74. The number of hydrogen-bond donors (Lipinski definition) is 1. The number of hydrogen-bond acceptors (Lipinski definition) is 4. The van der Waals surface area contributed by atoms with Gasteiger partial charge in [0.1, 0.15) is 17.3 Å². The number of aliphatic hydroxyl groups excluding tert-OH is 1. The molecule has 1 N–H and O–H groups in total. The molecule has 1 heterocycles. The van der Waals surface area contributed by atoms with Crippen molar-refractivity contribution >= 4 is 34.7 Å². The molecule has 1 saturated heterocycles. The Kier molecular flexibility index (Phi) is 5.72. The van der Waals surface area contributed by atoms with E-state index in [2.05, 4.69) is 0 Å². The van der Waals surface area contributed by atoms with E-state index in [0.29, 0.717) is 17.0 Å². The molecular weight excluding hydrogens is 433 g/mol. The normalized spacial score (nSPS) is 17.6. The van der Waals surface area contributed by atoms with Gasteiger partial charge in [0.25, 0.3) is 11.7 Å². The lowest BCUT2D eigenvalue weighted by atomic mass is 9.94. The fourth-order valence-electron chi connectivity index (χ4n) is 3.83. The van der Waals surface area contributed by atoms with Gasteiger partial charge in [-0.1, -0.05) is 41.4 Å². The van der Waals surface area contributed by atoms with Gasteiger partial charge in [0.15, 0.2) is 0 Å². The number of methoxy groups -OCH3 is 1. The van der Waals surface area contributed by atoms with Gasteiger partial charge >= 0.3 is 0 Å². The quantitative estimate of drug-likeness (QED) is 0.326. The summed E-state index contributed by atoms with van der Waals surface area (Å²) in [7, 11) is 1.46. The summed E-state index contributed by atoms with van der Waals surface area (Å²) in [6.07, 6.45) is 0. The van der Waals surface area contributed by atoms with E-state index in [9.17, 15) is 19.1 Å². The highest BCUT2D eigenvalue weighted by Gasteiger charge is 2.47. The first-order chi connectivity index (χ1) is 15.3. The zero-order valence-corrected chi connectivity index (χ0v) is 18.1. The van der Waals surface area contributed by atoms with Gasteiger partial charge in [-0.05, 0) is 55.0 Å². The first kappa shape index (κ1) is 21.6. The fourth-order valence-corrected chi connectivity index (χ4v) is 4.08. The maximum atomic E-state index is 13.5. The maximum Gasteiger partial charge on any atom is 0.300 e. The highest BCUT2D eigenvalue weighted by Crippen LogP contribution is 2.42. The first-order valence-electron chi connectivity index (χ1n) is 9.79. The third-order valence-corrected chi connectivity index (χ3v) is 5.63. The molecule has 0 aromatic heterocycles. The van der Waals surface area contributed by atoms with Crippen molar-refractivity contribution in [2.24, 2.45) is 0 Å². The molecule has 4 rings (SSSR count). The summed E-state index contributed by atoms with van der Waals surface area (Å²) in [5.74, 6) is -2.07. The Morgan fingerprint density at radius 1 is 1.06 bits per heavy atom. The summed E-state index contributed by atoms with van der Waals surface area (Å²) in [4.78, 5) is 27.4. The predicted octanol–water partition coefficient (Wildman–Crippen LogP) is 5.42. The van der Waals surface area contributed by atoms with Crippen molar-refractivity contribution in [2.45, 2.75) is 13.0 Å². The fraction of sp³-hybridized carbons (Fsp3) is 0.120. The highest BCUT2D eigenvalue weighted by atomic mass is 35.5. The smallest absolute Gasteiger partial charge is 0.300 e. The summed E-state index contributed by atoms with van der Waals surface area (Å²) < 4.78 is 18.6. The second kappa shape index (κ2) is 8.48. The number of ketones is 1. The maximum absolute atomic E-state index is 13.5. The number of benzene rings is 3. The van der Waals surface area contributed by atoms with E-state index in [4.69, 9.17) is 16.3 Å². The molecule has 1 aliphatic heterocycles. The monoisotopic (exact) mass is 451 g/mol. The van der Waals surface area contributed by atoms with E-state index in [0.717, 1.165) is 5.56 Å². The van der Waals surface area contributed by atoms with Crippen molar-refractivity contribution in [3.05, 3.63) is 99.8 Å². The van der Waals surface area contributed by atoms with Crippen LogP contribution in [-0.2, 0) is 9.59 Å². The zero-order valence-electron chi connectivity index (χ0n) is 17.3. The summed E-state index contributed by atoms with van der Waals surface area (Å²) >= 11 is 6.20. The molecule has 0 radical (unpaired) electrons. The van der Waals surface area contributed by atoms with Crippen LogP contribution < -0.4 is 9.64 Å². The third-order valence-electron chi connectivity index (χ3n) is 5.33. The number of halogens is 2. The lowest BCUT2D eigenvalue weighted by molar-refractivity contribution is -0.132. The Morgan fingerprint density at radius 3 is 2.41 bits per heavy atom. The number of nitrogens with zero attached hydrogens (tertiary/aromatic N) is 1. The zero-order chi connectivity index (χ0) is 23.0. The van der Waals surface area contributed by atoms with Crippen molar-refractivity contribution in [1.82, 2.24) is 0 Å². The summed E-state index contributed by atoms with van der Waals surface area (Å²) in [6, 6.07) is 16.3. The van der Waals surface area contributed by atoms with E-state index < -0.39 is 23.5 Å². The molecule has 7 heteroatoms. The molecule has 5 nitrogen and oxygen atoms in total. The lowest BCUT2D eigenvalue weighted by Crippen LogP contribution is -2.29. The number of ether oxygens (including phenoxy) is 1. The van der Waals surface area contributed by atoms with Crippen molar-refractivity contribution in [1.29, 1.82) is 0 Å². The summed E-state index contributed by atoms with van der Waals surface area (Å²) in [5, 5.41) is 11.4. The Bertz CT molecular complexity index is 1250. The Labute approximate surface area is 189 Å². The van der Waals surface area contributed by atoms with Gasteiger partial charge < -0.3 is 9.84 Å². The molecule has 1 unspecified atom stereocenters. The van der Waals surface area contributed by atoms with Crippen LogP contribution in [-0.4, -0.2) is 23.9 Å². The molecule has 0 spiro atoms. The number of carbonyl (C=O) groups excluding carboxylic acids is 2. The topological polar surface area (TPSA) is 66.8 Å². The second-order valence-corrected chi connectivity index (χ2v) is 7.82. The van der Waals surface area contributed by atoms with Gasteiger partial charge in [-0.3, -0.25) is 14.5 Å². The number of Topliss-reactive ketones (excluding diaryl/α,β-unsaturated/α-hetero) is 1. The standard InChI is InChI=1S/C25H19ClFNO4/c1-14-4-3-5-15(12-14)22-21(23(29)16-6-11-20(32-2)19(26)13-16)24(30)25(31)28(22)18-9-7-17(27)8-10-18/h3-13,22,29H,1-2H3/b23-21-. The Balaban J connectivity index is 1.94. The van der Waals surface area contributed by atoms with Gasteiger partial charge in [-0.15, -0.1) is 0 Å². The summed E-state index contributed by atoms with van der Waals surface area (Å²) in [6.45, 7) is 1.89. The molecule has 1 amide bonds. The van der Waals surface area contributed by atoms with Crippen LogP contribution in [0.4, 0.5) is 10.1 Å². The second-order valence-electron chi connectivity index (χ2n) is 7.41. The predicted molar refractivity (Wildman–Crippen MR) is 120 cm³/mol. The molecule has 1 aliphatic rings. The van der Waals surface area contributed by atoms with E-state index >= 15 is 0 Å². The molecule has 1 fully saturated rings. The minimum absolute atomic E-state index is 0.0776. The number of amides is 1. The van der Waals surface area contributed by atoms with Gasteiger partial charge in [-0.25, -0.2) is 4.39 Å². The minimum atomic E-state index is -0.902. The minimum Gasteiger partial charge on any atom is -0.507 e. The molecule has 32 heavy (non-hydrogen) atoms. The van der Waals surface area contributed by atoms with Crippen molar-refractivity contribution in [3.8, 4) is 5.75 Å². The Hall–Kier alpha value is -3.64. The van der Waals surface area contributed by atoms with Gasteiger partial charge in [0.05, 0.1) is 23.7 Å². The van der Waals surface area contributed by atoms with Crippen LogP contribution in [0.1, 0.15) is 22.7 Å². The van der Waals surface area contributed by atoms with Crippen molar-refractivity contribution < 1.29 is 23.8 Å². The molecule has 0 aliphatic carbocycles. The molecule has 0 bridgehead atoms. The molecule has 1 atom stereocenters. The molecule has 3 aromatic carbocycles. The van der Waals surface area contributed by atoms with E-state index in [1.54, 1.807) is 24.3 Å². The number of carbonyl (C=O) groups is 2. The van der Waals surface area contributed by atoms with Crippen LogP contribution in [0, 0.1) is 12.7 Å². The van der Waals surface area contributed by atoms with Crippen LogP contribution >= 0.6 is 11.6 Å². The van der Waals surface area contributed by atoms with Crippen LogP contribution in [0.3, 0.4) is 0 Å². The van der Waals surface area contributed by atoms with Gasteiger partial charge in [0, 0.05) is 11.3 Å². The van der Waals surface area contributed by atoms with Gasteiger partial charge in [0.2, 0.25) is 0 Å². The lowest BCUT2D eigenvalue weighted by Gasteiger charge is -2.25. The van der Waals surface area contributed by atoms with Gasteiger partial charge in [-0.2, -0.15) is 0 Å². The van der Waals surface area contributed by atoms with Crippen LogP contribution in [0.5, 0.6) is 5.75 Å². The number of anilines is 1. The first-order valence-corrected chi connectivity index (χ1v) is 10.2. The molecule has 3 aromatic rings. The molecule has 0 saturated carbocycles. The van der Waals surface area contributed by atoms with Crippen molar-refractivity contribution in [3.63, 3.8) is 0 Å². The molecular formula is C25H19ClFNO4. The average Bonchev–Trinajstić information content (AvgIpc) is 3.04.